The molecule has 2 aromatic rings. The van der Waals surface area contributed by atoms with Crippen molar-refractivity contribution in [3.63, 3.8) is 0 Å². The molecule has 1 saturated carbocycles. The summed E-state index contributed by atoms with van der Waals surface area (Å²) in [5.41, 5.74) is 3.41. The van der Waals surface area contributed by atoms with Crippen LogP contribution < -0.4 is 5.32 Å². The highest BCUT2D eigenvalue weighted by Gasteiger charge is 2.20. The SMILES string of the molecule is CCCC1CCC(Nc2ccc3nc(C)[nH]c3c2)CC1. The third kappa shape index (κ3) is 2.97. The van der Waals surface area contributed by atoms with Gasteiger partial charge < -0.3 is 10.3 Å². The Kier molecular flexibility index (Phi) is 3.95. The minimum atomic E-state index is 0.643. The van der Waals surface area contributed by atoms with Crippen molar-refractivity contribution in [3.8, 4) is 0 Å². The minimum absolute atomic E-state index is 0.643. The molecule has 0 radical (unpaired) electrons. The lowest BCUT2D eigenvalue weighted by Crippen LogP contribution is -2.26. The zero-order valence-corrected chi connectivity index (χ0v) is 12.6. The lowest BCUT2D eigenvalue weighted by atomic mass is 9.83. The molecule has 1 aliphatic rings. The molecule has 3 heteroatoms. The van der Waals surface area contributed by atoms with Gasteiger partial charge in [-0.3, -0.25) is 0 Å². The van der Waals surface area contributed by atoms with E-state index in [-0.39, 0.29) is 0 Å². The Morgan fingerprint density at radius 2 is 2.05 bits per heavy atom. The van der Waals surface area contributed by atoms with Crippen molar-refractivity contribution in [1.29, 1.82) is 0 Å². The largest absolute Gasteiger partial charge is 0.382 e. The highest BCUT2D eigenvalue weighted by atomic mass is 14.9. The molecular formula is C17H25N3. The van der Waals surface area contributed by atoms with Crippen LogP contribution in [0.15, 0.2) is 18.2 Å². The average molecular weight is 271 g/mol. The summed E-state index contributed by atoms with van der Waals surface area (Å²) in [5, 5.41) is 3.70. The maximum Gasteiger partial charge on any atom is 0.104 e. The zero-order chi connectivity index (χ0) is 13.9. The maximum absolute atomic E-state index is 4.45. The second-order valence-electron chi connectivity index (χ2n) is 6.20. The monoisotopic (exact) mass is 271 g/mol. The summed E-state index contributed by atoms with van der Waals surface area (Å²) in [6.07, 6.45) is 8.13. The van der Waals surface area contributed by atoms with Crippen LogP contribution in [0.4, 0.5) is 5.69 Å². The Labute approximate surface area is 121 Å². The number of nitrogens with one attached hydrogen (secondary N) is 2. The summed E-state index contributed by atoms with van der Waals surface area (Å²) >= 11 is 0. The molecule has 0 saturated heterocycles. The van der Waals surface area contributed by atoms with Gasteiger partial charge in [0.2, 0.25) is 0 Å². The van der Waals surface area contributed by atoms with E-state index in [0.29, 0.717) is 6.04 Å². The summed E-state index contributed by atoms with van der Waals surface area (Å²) in [6.45, 7) is 4.30. The number of aromatic nitrogens is 2. The first-order valence-corrected chi connectivity index (χ1v) is 7.97. The number of hydrogen-bond acceptors (Lipinski definition) is 2. The second-order valence-corrected chi connectivity index (χ2v) is 6.20. The maximum atomic E-state index is 4.45. The van der Waals surface area contributed by atoms with Gasteiger partial charge in [0, 0.05) is 11.7 Å². The first-order valence-electron chi connectivity index (χ1n) is 7.97. The van der Waals surface area contributed by atoms with Crippen molar-refractivity contribution < 1.29 is 0 Å². The second kappa shape index (κ2) is 5.86. The first-order chi connectivity index (χ1) is 9.74. The van der Waals surface area contributed by atoms with Crippen molar-refractivity contribution in [2.24, 2.45) is 5.92 Å². The zero-order valence-electron chi connectivity index (χ0n) is 12.6. The summed E-state index contributed by atoms with van der Waals surface area (Å²) in [5.74, 6) is 1.95. The lowest BCUT2D eigenvalue weighted by Gasteiger charge is -2.29. The standard InChI is InChI=1S/C17H25N3/c1-3-4-13-5-7-14(8-6-13)20-15-9-10-16-17(11-15)19-12(2)18-16/h9-11,13-14,20H,3-8H2,1-2H3,(H,18,19). The van der Waals surface area contributed by atoms with E-state index in [0.717, 1.165) is 22.8 Å². The fourth-order valence-corrected chi connectivity index (χ4v) is 3.47. The summed E-state index contributed by atoms with van der Waals surface area (Å²) in [7, 11) is 0. The van der Waals surface area contributed by atoms with Crippen LogP contribution >= 0.6 is 0 Å². The quantitative estimate of drug-likeness (QED) is 0.850. The Hall–Kier alpha value is -1.51. The molecule has 1 fully saturated rings. The van der Waals surface area contributed by atoms with Crippen LogP contribution in [0.25, 0.3) is 11.0 Å². The van der Waals surface area contributed by atoms with Crippen LogP contribution in [-0.2, 0) is 0 Å². The molecule has 0 spiro atoms. The molecule has 0 unspecified atom stereocenters. The molecule has 0 aliphatic heterocycles. The van der Waals surface area contributed by atoms with Crippen LogP contribution in [0.2, 0.25) is 0 Å². The number of anilines is 1. The Morgan fingerprint density at radius 3 is 2.80 bits per heavy atom. The van der Waals surface area contributed by atoms with Gasteiger partial charge in [-0.15, -0.1) is 0 Å². The molecule has 1 aliphatic carbocycles. The summed E-state index contributed by atoms with van der Waals surface area (Å²) < 4.78 is 0. The molecule has 3 nitrogen and oxygen atoms in total. The van der Waals surface area contributed by atoms with E-state index in [1.807, 2.05) is 6.92 Å². The van der Waals surface area contributed by atoms with Crippen molar-refractivity contribution in [2.45, 2.75) is 58.4 Å². The van der Waals surface area contributed by atoms with Gasteiger partial charge in [-0.2, -0.15) is 0 Å². The average Bonchev–Trinajstić information content (AvgIpc) is 2.81. The van der Waals surface area contributed by atoms with Gasteiger partial charge in [0.05, 0.1) is 11.0 Å². The molecule has 0 bridgehead atoms. The van der Waals surface area contributed by atoms with E-state index < -0.39 is 0 Å². The van der Waals surface area contributed by atoms with Crippen LogP contribution in [0, 0.1) is 12.8 Å². The van der Waals surface area contributed by atoms with Gasteiger partial charge in [-0.25, -0.2) is 4.98 Å². The van der Waals surface area contributed by atoms with Crippen LogP contribution in [0.1, 0.15) is 51.3 Å². The van der Waals surface area contributed by atoms with Crippen LogP contribution in [-0.4, -0.2) is 16.0 Å². The summed E-state index contributed by atoms with van der Waals surface area (Å²) in [6, 6.07) is 7.09. The molecule has 0 amide bonds. The van der Waals surface area contributed by atoms with Crippen LogP contribution in [0.5, 0.6) is 0 Å². The highest BCUT2D eigenvalue weighted by Crippen LogP contribution is 2.30. The van der Waals surface area contributed by atoms with Gasteiger partial charge in [0.1, 0.15) is 5.82 Å². The van der Waals surface area contributed by atoms with E-state index in [9.17, 15) is 0 Å². The predicted molar refractivity (Wildman–Crippen MR) is 85.1 cm³/mol. The minimum Gasteiger partial charge on any atom is -0.382 e. The number of nitrogens with zero attached hydrogens (tertiary/aromatic N) is 1. The molecule has 1 heterocycles. The van der Waals surface area contributed by atoms with E-state index in [2.05, 4.69) is 40.4 Å². The lowest BCUT2D eigenvalue weighted by molar-refractivity contribution is 0.319. The number of H-pyrrole nitrogens is 1. The predicted octanol–water partition coefficient (Wildman–Crippen LogP) is 4.64. The molecule has 20 heavy (non-hydrogen) atoms. The van der Waals surface area contributed by atoms with Crippen molar-refractivity contribution in [1.82, 2.24) is 9.97 Å². The first kappa shape index (κ1) is 13.5. The van der Waals surface area contributed by atoms with Gasteiger partial charge >= 0.3 is 0 Å². The van der Waals surface area contributed by atoms with Crippen molar-refractivity contribution in [2.75, 3.05) is 5.32 Å². The third-order valence-corrected chi connectivity index (χ3v) is 4.51. The third-order valence-electron chi connectivity index (χ3n) is 4.51. The van der Waals surface area contributed by atoms with E-state index in [1.165, 1.54) is 44.2 Å². The van der Waals surface area contributed by atoms with Crippen molar-refractivity contribution >= 4 is 16.7 Å². The Morgan fingerprint density at radius 1 is 1.25 bits per heavy atom. The number of hydrogen-bond donors (Lipinski definition) is 2. The highest BCUT2D eigenvalue weighted by molar-refractivity contribution is 5.79. The number of rotatable bonds is 4. The number of aryl methyl sites for hydroxylation is 1. The van der Waals surface area contributed by atoms with Crippen LogP contribution in [0.3, 0.4) is 0 Å². The topological polar surface area (TPSA) is 40.7 Å². The molecule has 3 rings (SSSR count). The number of aromatic amines is 1. The van der Waals surface area contributed by atoms with Gasteiger partial charge in [0.25, 0.3) is 0 Å². The molecule has 0 atom stereocenters. The molecule has 1 aromatic heterocycles. The van der Waals surface area contributed by atoms with E-state index in [4.69, 9.17) is 0 Å². The Bertz CT molecular complexity index is 565. The number of benzene rings is 1. The smallest absolute Gasteiger partial charge is 0.104 e. The van der Waals surface area contributed by atoms with E-state index >= 15 is 0 Å². The molecular weight excluding hydrogens is 246 g/mol. The van der Waals surface area contributed by atoms with Gasteiger partial charge in [-0.05, 0) is 56.7 Å². The number of imidazole rings is 1. The van der Waals surface area contributed by atoms with Gasteiger partial charge in [-0.1, -0.05) is 19.8 Å². The van der Waals surface area contributed by atoms with E-state index in [1.54, 1.807) is 0 Å². The normalized spacial score (nSPS) is 23.1. The molecule has 108 valence electrons. The summed E-state index contributed by atoms with van der Waals surface area (Å²) in [4.78, 5) is 7.76. The number of fused-ring (bicyclic) bond motifs is 1. The molecule has 2 N–H and O–H groups in total. The van der Waals surface area contributed by atoms with Gasteiger partial charge in [0.15, 0.2) is 0 Å². The van der Waals surface area contributed by atoms with Crippen molar-refractivity contribution in [3.05, 3.63) is 24.0 Å². The molecule has 1 aromatic carbocycles. The fraction of sp³-hybridized carbons (Fsp3) is 0.588. The Balaban J connectivity index is 1.62. The fourth-order valence-electron chi connectivity index (χ4n) is 3.47.